The highest BCUT2D eigenvalue weighted by atomic mass is 16.6. The molecule has 1 aromatic rings. The van der Waals surface area contributed by atoms with E-state index in [0.29, 0.717) is 13.2 Å². The first kappa shape index (κ1) is 11.6. The third-order valence-electron chi connectivity index (χ3n) is 2.48. The predicted octanol–water partition coefficient (Wildman–Crippen LogP) is 1.29. The Bertz CT molecular complexity index is 416. The molecule has 0 bridgehead atoms. The number of carboxylic acids is 1. The summed E-state index contributed by atoms with van der Waals surface area (Å²) < 4.78 is 5.46. The van der Waals surface area contributed by atoms with E-state index in [1.165, 1.54) is 0 Å². The number of oxime groups is 1. The Hall–Kier alpha value is -1.88. The summed E-state index contributed by atoms with van der Waals surface area (Å²) in [5, 5.41) is 12.3. The largest absolute Gasteiger partial charge is 0.477 e. The van der Waals surface area contributed by atoms with Crippen molar-refractivity contribution in [2.75, 3.05) is 13.2 Å². The Morgan fingerprint density at radius 3 is 2.94 bits per heavy atom. The summed E-state index contributed by atoms with van der Waals surface area (Å²) in [7, 11) is 0. The smallest absolute Gasteiger partial charge is 0.354 e. The number of ether oxygens (including phenoxy) is 1. The van der Waals surface area contributed by atoms with Crippen LogP contribution in [0.1, 0.15) is 5.56 Å². The molecule has 1 aliphatic heterocycles. The third-order valence-corrected chi connectivity index (χ3v) is 2.48. The van der Waals surface area contributed by atoms with E-state index < -0.39 is 5.97 Å². The zero-order valence-electron chi connectivity index (χ0n) is 9.20. The average molecular weight is 235 g/mol. The van der Waals surface area contributed by atoms with E-state index in [1.807, 2.05) is 30.3 Å². The Kier molecular flexibility index (Phi) is 3.72. The van der Waals surface area contributed by atoms with Crippen molar-refractivity contribution in [3.05, 3.63) is 35.9 Å². The Balaban J connectivity index is 1.80. The fourth-order valence-electron chi connectivity index (χ4n) is 1.58. The van der Waals surface area contributed by atoms with Crippen LogP contribution in [0.4, 0.5) is 0 Å². The molecular formula is C12H13NO4. The molecule has 90 valence electrons. The maximum Gasteiger partial charge on any atom is 0.354 e. The van der Waals surface area contributed by atoms with Crippen molar-refractivity contribution in [3.63, 3.8) is 0 Å². The van der Waals surface area contributed by atoms with Crippen molar-refractivity contribution >= 4 is 11.7 Å². The maximum absolute atomic E-state index is 10.8. The molecule has 1 aromatic carbocycles. The van der Waals surface area contributed by atoms with Gasteiger partial charge in [-0.3, -0.25) is 0 Å². The molecule has 0 fully saturated rings. The molecule has 0 saturated heterocycles. The lowest BCUT2D eigenvalue weighted by atomic mass is 10.1. The summed E-state index contributed by atoms with van der Waals surface area (Å²) >= 11 is 0. The van der Waals surface area contributed by atoms with E-state index in [1.54, 1.807) is 0 Å². The topological polar surface area (TPSA) is 68.1 Å². The number of nitrogens with zero attached hydrogens (tertiary/aromatic N) is 1. The zero-order valence-corrected chi connectivity index (χ0v) is 9.20. The van der Waals surface area contributed by atoms with Gasteiger partial charge in [0.2, 0.25) is 0 Å². The maximum atomic E-state index is 10.8. The Labute approximate surface area is 98.6 Å². The molecule has 17 heavy (non-hydrogen) atoms. The molecule has 1 atom stereocenters. The van der Waals surface area contributed by atoms with E-state index in [2.05, 4.69) is 5.16 Å². The summed E-state index contributed by atoms with van der Waals surface area (Å²) in [6, 6.07) is 9.71. The first-order valence-corrected chi connectivity index (χ1v) is 5.32. The van der Waals surface area contributed by atoms with E-state index in [-0.39, 0.29) is 18.2 Å². The second-order valence-corrected chi connectivity index (χ2v) is 3.78. The van der Waals surface area contributed by atoms with Crippen LogP contribution in [0, 0.1) is 5.92 Å². The lowest BCUT2D eigenvalue weighted by Gasteiger charge is -2.08. The van der Waals surface area contributed by atoms with Gasteiger partial charge in [-0.25, -0.2) is 4.79 Å². The van der Waals surface area contributed by atoms with Gasteiger partial charge in [0.15, 0.2) is 5.71 Å². The van der Waals surface area contributed by atoms with E-state index in [4.69, 9.17) is 14.7 Å². The minimum Gasteiger partial charge on any atom is -0.477 e. The fourth-order valence-corrected chi connectivity index (χ4v) is 1.58. The second-order valence-electron chi connectivity index (χ2n) is 3.78. The Morgan fingerprint density at radius 2 is 2.24 bits per heavy atom. The average Bonchev–Trinajstić information content (AvgIpc) is 2.79. The normalized spacial score (nSPS) is 18.6. The molecule has 0 spiro atoms. The molecule has 2 rings (SSSR count). The van der Waals surface area contributed by atoms with Crippen LogP contribution in [0.2, 0.25) is 0 Å². The monoisotopic (exact) mass is 235 g/mol. The first-order valence-electron chi connectivity index (χ1n) is 5.32. The number of carboxylic acid groups (broad SMARTS) is 1. The molecule has 1 N–H and O–H groups in total. The molecule has 5 heteroatoms. The predicted molar refractivity (Wildman–Crippen MR) is 60.6 cm³/mol. The lowest BCUT2D eigenvalue weighted by molar-refractivity contribution is -0.129. The number of benzene rings is 1. The minimum atomic E-state index is -1.05. The summed E-state index contributed by atoms with van der Waals surface area (Å²) in [5.74, 6) is -1.33. The van der Waals surface area contributed by atoms with Crippen molar-refractivity contribution in [1.29, 1.82) is 0 Å². The van der Waals surface area contributed by atoms with Gasteiger partial charge in [0, 0.05) is 0 Å². The molecule has 5 nitrogen and oxygen atoms in total. The van der Waals surface area contributed by atoms with Crippen LogP contribution in [0.5, 0.6) is 0 Å². The highest BCUT2D eigenvalue weighted by Gasteiger charge is 2.29. The van der Waals surface area contributed by atoms with Crippen molar-refractivity contribution in [2.24, 2.45) is 11.1 Å². The lowest BCUT2D eigenvalue weighted by Crippen LogP contribution is -2.26. The van der Waals surface area contributed by atoms with Gasteiger partial charge in [-0.05, 0) is 5.56 Å². The van der Waals surface area contributed by atoms with Crippen molar-refractivity contribution in [1.82, 2.24) is 0 Å². The summed E-state index contributed by atoms with van der Waals surface area (Å²) in [4.78, 5) is 15.5. The van der Waals surface area contributed by atoms with Crippen molar-refractivity contribution in [3.8, 4) is 0 Å². The van der Waals surface area contributed by atoms with Gasteiger partial charge >= 0.3 is 5.97 Å². The van der Waals surface area contributed by atoms with Gasteiger partial charge in [0.05, 0.1) is 19.1 Å². The van der Waals surface area contributed by atoms with E-state index in [9.17, 15) is 4.79 Å². The Morgan fingerprint density at radius 1 is 1.47 bits per heavy atom. The number of hydrogen-bond donors (Lipinski definition) is 1. The SMILES string of the molecule is O=C(O)C1=NOCC1COCc1ccccc1. The second kappa shape index (κ2) is 5.45. The highest BCUT2D eigenvalue weighted by Crippen LogP contribution is 2.12. The fraction of sp³-hybridized carbons (Fsp3) is 0.333. The summed E-state index contributed by atoms with van der Waals surface area (Å²) in [6.45, 7) is 1.04. The number of carbonyl (C=O) groups is 1. The van der Waals surface area contributed by atoms with Gasteiger partial charge in [0.25, 0.3) is 0 Å². The van der Waals surface area contributed by atoms with Gasteiger partial charge in [0.1, 0.15) is 6.61 Å². The van der Waals surface area contributed by atoms with Crippen LogP contribution in [-0.4, -0.2) is 30.0 Å². The van der Waals surface area contributed by atoms with Crippen molar-refractivity contribution < 1.29 is 19.5 Å². The third kappa shape index (κ3) is 3.04. The molecule has 0 aliphatic carbocycles. The van der Waals surface area contributed by atoms with E-state index >= 15 is 0 Å². The van der Waals surface area contributed by atoms with Crippen LogP contribution in [0.25, 0.3) is 0 Å². The van der Waals surface area contributed by atoms with Gasteiger partial charge < -0.3 is 14.7 Å². The molecular weight excluding hydrogens is 222 g/mol. The van der Waals surface area contributed by atoms with Crippen LogP contribution in [-0.2, 0) is 21.0 Å². The molecule has 0 radical (unpaired) electrons. The zero-order chi connectivity index (χ0) is 12.1. The molecule has 0 aromatic heterocycles. The number of rotatable bonds is 5. The number of hydrogen-bond acceptors (Lipinski definition) is 4. The highest BCUT2D eigenvalue weighted by molar-refractivity contribution is 6.36. The molecule has 0 amide bonds. The van der Waals surface area contributed by atoms with Crippen LogP contribution >= 0.6 is 0 Å². The molecule has 1 aliphatic rings. The molecule has 0 saturated carbocycles. The molecule has 1 heterocycles. The standard InChI is InChI=1S/C12H13NO4/c14-12(15)11-10(8-17-13-11)7-16-6-9-4-2-1-3-5-9/h1-5,10H,6-8H2,(H,14,15). The quantitative estimate of drug-likeness (QED) is 0.835. The summed E-state index contributed by atoms with van der Waals surface area (Å²) in [5.41, 5.74) is 1.10. The van der Waals surface area contributed by atoms with Crippen LogP contribution in [0.3, 0.4) is 0 Å². The van der Waals surface area contributed by atoms with Gasteiger partial charge in [-0.2, -0.15) is 0 Å². The number of aliphatic carboxylic acids is 1. The van der Waals surface area contributed by atoms with Crippen LogP contribution in [0.15, 0.2) is 35.5 Å². The molecule has 1 unspecified atom stereocenters. The first-order chi connectivity index (χ1) is 8.27. The van der Waals surface area contributed by atoms with Crippen LogP contribution < -0.4 is 0 Å². The van der Waals surface area contributed by atoms with E-state index in [0.717, 1.165) is 5.56 Å². The van der Waals surface area contributed by atoms with Gasteiger partial charge in [-0.1, -0.05) is 35.5 Å². The van der Waals surface area contributed by atoms with Gasteiger partial charge in [-0.15, -0.1) is 0 Å². The van der Waals surface area contributed by atoms with Crippen molar-refractivity contribution in [2.45, 2.75) is 6.61 Å². The summed E-state index contributed by atoms with van der Waals surface area (Å²) in [6.07, 6.45) is 0. The minimum absolute atomic E-state index is 0.0399.